The molecule has 4 aromatic rings. The van der Waals surface area contributed by atoms with Gasteiger partial charge in [-0.3, -0.25) is 19.2 Å². The van der Waals surface area contributed by atoms with Gasteiger partial charge in [0.2, 0.25) is 0 Å². The second-order valence-corrected chi connectivity index (χ2v) is 13.9. The highest BCUT2D eigenvalue weighted by Crippen LogP contribution is 2.54. The number of fused-ring (bicyclic) bond motifs is 7. The predicted molar refractivity (Wildman–Crippen MR) is 167 cm³/mol. The fraction of sp³-hybridized carbons (Fsp3) is 0.111. The lowest BCUT2D eigenvalue weighted by molar-refractivity contribution is 0.0975. The molecule has 4 nitrogen and oxygen atoms in total. The van der Waals surface area contributed by atoms with Gasteiger partial charge in [0.1, 0.15) is 0 Å². The van der Waals surface area contributed by atoms with Crippen LogP contribution in [0.4, 0.5) is 17.6 Å². The first-order chi connectivity index (χ1) is 21.9. The highest BCUT2D eigenvalue weighted by Gasteiger charge is 2.39. The number of rotatable bonds is 2. The zero-order valence-corrected chi connectivity index (χ0v) is 25.5. The second kappa shape index (κ2) is 9.85. The molecular formula is C36H18F4O4S2. The van der Waals surface area contributed by atoms with Crippen LogP contribution in [0.3, 0.4) is 0 Å². The first-order valence-corrected chi connectivity index (χ1v) is 15.8. The lowest BCUT2D eigenvalue weighted by Crippen LogP contribution is -2.15. The molecule has 0 saturated heterocycles. The van der Waals surface area contributed by atoms with Gasteiger partial charge in [0.25, 0.3) is 0 Å². The van der Waals surface area contributed by atoms with E-state index < -0.39 is 46.4 Å². The van der Waals surface area contributed by atoms with Crippen molar-refractivity contribution >= 4 is 69.1 Å². The summed E-state index contributed by atoms with van der Waals surface area (Å²) < 4.78 is 55.3. The van der Waals surface area contributed by atoms with Gasteiger partial charge in [-0.1, -0.05) is 12.2 Å². The summed E-state index contributed by atoms with van der Waals surface area (Å²) >= 11 is 2.87. The first kappa shape index (κ1) is 28.7. The van der Waals surface area contributed by atoms with Crippen LogP contribution in [0.5, 0.6) is 0 Å². The Balaban J connectivity index is 1.14. The van der Waals surface area contributed by atoms with Crippen LogP contribution in [0.2, 0.25) is 0 Å². The van der Waals surface area contributed by atoms with Crippen molar-refractivity contribution in [2.75, 3.05) is 0 Å². The number of thiophene rings is 2. The second-order valence-electron chi connectivity index (χ2n) is 11.7. The maximum Gasteiger partial charge on any atom is 0.197 e. The van der Waals surface area contributed by atoms with Gasteiger partial charge >= 0.3 is 0 Å². The number of hydrogen-bond acceptors (Lipinski definition) is 6. The third kappa shape index (κ3) is 4.03. The largest absolute Gasteiger partial charge is 0.288 e. The highest BCUT2D eigenvalue weighted by molar-refractivity contribution is 7.14. The first-order valence-electron chi connectivity index (χ1n) is 14.2. The Bertz CT molecular complexity index is 2070. The molecule has 2 aromatic heterocycles. The van der Waals surface area contributed by atoms with Gasteiger partial charge in [0, 0.05) is 53.6 Å². The maximum absolute atomic E-state index is 13.8. The maximum atomic E-state index is 13.8. The van der Waals surface area contributed by atoms with Gasteiger partial charge in [-0.15, -0.1) is 22.7 Å². The van der Waals surface area contributed by atoms with E-state index in [1.165, 1.54) is 34.8 Å². The van der Waals surface area contributed by atoms with Crippen LogP contribution in [0.15, 0.2) is 59.7 Å². The van der Waals surface area contributed by atoms with Crippen molar-refractivity contribution in [2.24, 2.45) is 0 Å². The third-order valence-corrected chi connectivity index (χ3v) is 11.3. The molecule has 8 rings (SSSR count). The Labute approximate surface area is 266 Å². The Morgan fingerprint density at radius 3 is 1.11 bits per heavy atom. The zero-order valence-electron chi connectivity index (χ0n) is 23.9. The number of ketones is 4. The van der Waals surface area contributed by atoms with Gasteiger partial charge in [-0.2, -0.15) is 0 Å². The van der Waals surface area contributed by atoms with Crippen molar-refractivity contribution < 1.29 is 36.7 Å². The molecule has 226 valence electrons. The van der Waals surface area contributed by atoms with Crippen LogP contribution < -0.4 is 0 Å². The normalized spacial score (nSPS) is 19.4. The molecule has 2 unspecified atom stereocenters. The highest BCUT2D eigenvalue weighted by atomic mass is 32.1. The van der Waals surface area contributed by atoms with Gasteiger partial charge in [0.05, 0.1) is 11.1 Å². The van der Waals surface area contributed by atoms with Crippen LogP contribution >= 0.6 is 22.7 Å². The van der Waals surface area contributed by atoms with Crippen LogP contribution in [0.1, 0.15) is 97.8 Å². The number of halogens is 4. The molecule has 2 aromatic carbocycles. The summed E-state index contributed by atoms with van der Waals surface area (Å²) in [6.07, 6.45) is 7.26. The lowest BCUT2D eigenvalue weighted by atomic mass is 9.75. The van der Waals surface area contributed by atoms with Crippen molar-refractivity contribution in [1.29, 1.82) is 0 Å². The minimum Gasteiger partial charge on any atom is -0.288 e. The van der Waals surface area contributed by atoms with Crippen molar-refractivity contribution in [3.8, 4) is 0 Å². The molecule has 0 amide bonds. The quantitative estimate of drug-likeness (QED) is 0.123. The Kier molecular flexibility index (Phi) is 6.14. The average Bonchev–Trinajstić information content (AvgIpc) is 3.75. The minimum atomic E-state index is -1.19. The third-order valence-electron chi connectivity index (χ3n) is 8.91. The number of benzene rings is 2. The van der Waals surface area contributed by atoms with Crippen molar-refractivity contribution in [3.63, 3.8) is 0 Å². The summed E-state index contributed by atoms with van der Waals surface area (Å²) in [5.41, 5.74) is 3.01. The molecule has 4 aliphatic carbocycles. The van der Waals surface area contributed by atoms with E-state index in [4.69, 9.17) is 0 Å². The molecule has 0 spiro atoms. The Hall–Kier alpha value is -4.80. The molecule has 0 fully saturated rings. The lowest BCUT2D eigenvalue weighted by Gasteiger charge is -2.31. The predicted octanol–water partition coefficient (Wildman–Crippen LogP) is 8.99. The summed E-state index contributed by atoms with van der Waals surface area (Å²) in [6, 6.07) is 6.86. The molecule has 2 atom stereocenters. The van der Waals surface area contributed by atoms with E-state index in [0.29, 0.717) is 9.75 Å². The topological polar surface area (TPSA) is 68.3 Å². The van der Waals surface area contributed by atoms with E-state index in [1.807, 2.05) is 26.0 Å². The smallest absolute Gasteiger partial charge is 0.197 e. The van der Waals surface area contributed by atoms with Gasteiger partial charge < -0.3 is 0 Å². The van der Waals surface area contributed by atoms with Crippen molar-refractivity contribution in [3.05, 3.63) is 136 Å². The molecule has 0 bridgehead atoms. The molecule has 0 radical (unpaired) electrons. The van der Waals surface area contributed by atoms with Gasteiger partial charge in [-0.05, 0) is 84.7 Å². The average molecular weight is 655 g/mol. The molecule has 0 saturated carbocycles. The molecule has 0 N–H and O–H groups in total. The number of carbonyl (C=O) groups excluding carboxylic acids is 4. The zero-order chi connectivity index (χ0) is 32.3. The van der Waals surface area contributed by atoms with E-state index in [-0.39, 0.29) is 45.2 Å². The number of allylic oxidation sites excluding steroid dienone is 6. The molecule has 0 aliphatic heterocycles. The summed E-state index contributed by atoms with van der Waals surface area (Å²) in [4.78, 5) is 55.3. The van der Waals surface area contributed by atoms with Gasteiger partial charge in [-0.25, -0.2) is 17.6 Å². The summed E-state index contributed by atoms with van der Waals surface area (Å²) in [6.45, 7) is 3.94. The van der Waals surface area contributed by atoms with E-state index in [1.54, 1.807) is 0 Å². The fourth-order valence-electron chi connectivity index (χ4n) is 6.68. The van der Waals surface area contributed by atoms with Crippen molar-refractivity contribution in [2.45, 2.75) is 25.7 Å². The Morgan fingerprint density at radius 2 is 0.804 bits per heavy atom. The molecule has 4 aliphatic rings. The monoisotopic (exact) mass is 654 g/mol. The van der Waals surface area contributed by atoms with E-state index in [9.17, 15) is 36.7 Å². The van der Waals surface area contributed by atoms with Crippen LogP contribution in [0, 0.1) is 23.3 Å². The van der Waals surface area contributed by atoms with Crippen LogP contribution in [-0.2, 0) is 0 Å². The summed E-state index contributed by atoms with van der Waals surface area (Å²) in [7, 11) is 0. The number of carbonyl (C=O) groups is 4. The Morgan fingerprint density at radius 1 is 0.500 bits per heavy atom. The summed E-state index contributed by atoms with van der Waals surface area (Å²) in [5.74, 6) is -7.49. The number of Topliss-reactive ketones (excluding diaryl/α,β-unsaturated/α-hetero) is 4. The van der Waals surface area contributed by atoms with Crippen LogP contribution in [0.25, 0.3) is 23.3 Å². The van der Waals surface area contributed by atoms with Crippen molar-refractivity contribution in [1.82, 2.24) is 0 Å². The molecule has 2 heterocycles. The summed E-state index contributed by atoms with van der Waals surface area (Å²) in [5, 5.41) is 0. The standard InChI is InChI=1S/C36H18F4O4S2/c1-13-3-23-24(35-17(13)5-15(45-35)7-25-31(41)19-9-27(37)28(38)10-20(19)32(25)42)4-14(2)18-6-16(46-36(18)23)8-26-33(43)21-11-29(39)30(40)12-22(21)34(26)44/h3-12,23-24H,1-2H3. The number of hydrogen-bond donors (Lipinski definition) is 0. The molecule has 10 heteroatoms. The van der Waals surface area contributed by atoms with Gasteiger partial charge in [0.15, 0.2) is 46.4 Å². The minimum absolute atomic E-state index is 0.0668. The molecule has 46 heavy (non-hydrogen) atoms. The van der Waals surface area contributed by atoms with E-state index >= 15 is 0 Å². The van der Waals surface area contributed by atoms with E-state index in [2.05, 4.69) is 12.2 Å². The fourth-order valence-corrected chi connectivity index (χ4v) is 9.26. The van der Waals surface area contributed by atoms with Crippen LogP contribution in [-0.4, -0.2) is 23.1 Å². The van der Waals surface area contributed by atoms with E-state index in [0.717, 1.165) is 56.3 Å². The molecular weight excluding hydrogens is 637 g/mol. The SMILES string of the molecule is CC1=CC2c3sc(C=C4C(=O)c5cc(F)c(F)cc5C4=O)cc3C(C)=CC2c2sc(C=C3C(=O)c4cc(F)c(F)cc4C3=O)cc21.